The number of phenols is 1. The van der Waals surface area contributed by atoms with Gasteiger partial charge >= 0.3 is 0 Å². The Morgan fingerprint density at radius 3 is 2.68 bits per heavy atom. The SMILES string of the molecule is Oc1ccc(C=Nc2ccc3ncccc3c2)cc1. The van der Waals surface area contributed by atoms with Gasteiger partial charge < -0.3 is 5.11 Å². The molecule has 3 heteroatoms. The summed E-state index contributed by atoms with van der Waals surface area (Å²) in [5.74, 6) is 0.258. The number of aromatic nitrogens is 1. The normalized spacial score (nSPS) is 11.2. The van der Waals surface area contributed by atoms with Gasteiger partial charge in [-0.25, -0.2) is 0 Å². The second-order valence-corrected chi connectivity index (χ2v) is 4.23. The summed E-state index contributed by atoms with van der Waals surface area (Å²) in [5, 5.41) is 10.3. The fourth-order valence-corrected chi connectivity index (χ4v) is 1.85. The number of rotatable bonds is 2. The van der Waals surface area contributed by atoms with Crippen molar-refractivity contribution in [1.29, 1.82) is 0 Å². The lowest BCUT2D eigenvalue weighted by Gasteiger charge is -1.98. The molecule has 1 heterocycles. The third kappa shape index (κ3) is 2.60. The average molecular weight is 248 g/mol. The second-order valence-electron chi connectivity index (χ2n) is 4.23. The summed E-state index contributed by atoms with van der Waals surface area (Å²) in [7, 11) is 0. The lowest BCUT2D eigenvalue weighted by Crippen LogP contribution is -1.80. The lowest BCUT2D eigenvalue weighted by molar-refractivity contribution is 0.475. The molecule has 92 valence electrons. The van der Waals surface area contributed by atoms with Crippen LogP contribution in [0.4, 0.5) is 5.69 Å². The first-order chi connectivity index (χ1) is 9.31. The monoisotopic (exact) mass is 248 g/mol. The van der Waals surface area contributed by atoms with Gasteiger partial charge in [0, 0.05) is 17.8 Å². The number of aliphatic imine (C=N–C) groups is 1. The summed E-state index contributed by atoms with van der Waals surface area (Å²) in [5.41, 5.74) is 2.80. The zero-order valence-corrected chi connectivity index (χ0v) is 10.2. The van der Waals surface area contributed by atoms with Crippen LogP contribution < -0.4 is 0 Å². The highest BCUT2D eigenvalue weighted by Crippen LogP contribution is 2.19. The minimum absolute atomic E-state index is 0.258. The molecular weight excluding hydrogens is 236 g/mol. The molecule has 19 heavy (non-hydrogen) atoms. The first kappa shape index (κ1) is 11.4. The molecule has 0 saturated carbocycles. The summed E-state index contributed by atoms with van der Waals surface area (Å²) in [6, 6.07) is 16.8. The number of aromatic hydroxyl groups is 1. The van der Waals surface area contributed by atoms with Crippen LogP contribution in [0.25, 0.3) is 10.9 Å². The fourth-order valence-electron chi connectivity index (χ4n) is 1.85. The van der Waals surface area contributed by atoms with Crippen molar-refractivity contribution in [2.75, 3.05) is 0 Å². The Hall–Kier alpha value is -2.68. The first-order valence-electron chi connectivity index (χ1n) is 5.99. The summed E-state index contributed by atoms with van der Waals surface area (Å²) in [6.07, 6.45) is 3.55. The van der Waals surface area contributed by atoms with E-state index in [1.54, 1.807) is 24.5 Å². The van der Waals surface area contributed by atoms with Crippen LogP contribution in [0.5, 0.6) is 5.75 Å². The Bertz CT molecular complexity index is 733. The molecule has 3 aromatic rings. The van der Waals surface area contributed by atoms with Gasteiger partial charge in [-0.1, -0.05) is 6.07 Å². The number of hydrogen-bond acceptors (Lipinski definition) is 3. The van der Waals surface area contributed by atoms with E-state index >= 15 is 0 Å². The number of pyridine rings is 1. The van der Waals surface area contributed by atoms with Crippen LogP contribution in [0.15, 0.2) is 65.8 Å². The van der Waals surface area contributed by atoms with Crippen molar-refractivity contribution in [3.05, 3.63) is 66.4 Å². The molecule has 1 aromatic heterocycles. The number of fused-ring (bicyclic) bond motifs is 1. The molecule has 0 amide bonds. The van der Waals surface area contributed by atoms with Gasteiger partial charge in [0.15, 0.2) is 0 Å². The number of hydrogen-bond donors (Lipinski definition) is 1. The standard InChI is InChI=1S/C16H12N2O/c19-15-6-3-12(4-7-15)11-18-14-5-8-16-13(10-14)2-1-9-17-16/h1-11,19H. The van der Waals surface area contributed by atoms with Gasteiger partial charge in [0.05, 0.1) is 11.2 Å². The molecule has 0 saturated heterocycles. The van der Waals surface area contributed by atoms with E-state index in [-0.39, 0.29) is 5.75 Å². The van der Waals surface area contributed by atoms with Crippen LogP contribution in [0, 0.1) is 0 Å². The Kier molecular flexibility index (Phi) is 2.94. The van der Waals surface area contributed by atoms with E-state index < -0.39 is 0 Å². The number of nitrogens with zero attached hydrogens (tertiary/aromatic N) is 2. The predicted molar refractivity (Wildman–Crippen MR) is 77.1 cm³/mol. The van der Waals surface area contributed by atoms with Crippen LogP contribution in [-0.4, -0.2) is 16.3 Å². The highest BCUT2D eigenvalue weighted by atomic mass is 16.3. The van der Waals surface area contributed by atoms with Gasteiger partial charge in [0.2, 0.25) is 0 Å². The van der Waals surface area contributed by atoms with E-state index in [1.165, 1.54) is 0 Å². The van der Waals surface area contributed by atoms with Crippen LogP contribution >= 0.6 is 0 Å². The molecule has 3 nitrogen and oxygen atoms in total. The topological polar surface area (TPSA) is 45.5 Å². The van der Waals surface area contributed by atoms with Crippen molar-refractivity contribution in [3.63, 3.8) is 0 Å². The third-order valence-corrected chi connectivity index (χ3v) is 2.84. The summed E-state index contributed by atoms with van der Waals surface area (Å²) in [4.78, 5) is 8.69. The van der Waals surface area contributed by atoms with E-state index in [0.717, 1.165) is 22.2 Å². The summed E-state index contributed by atoms with van der Waals surface area (Å²) in [6.45, 7) is 0. The van der Waals surface area contributed by atoms with Crippen molar-refractivity contribution in [1.82, 2.24) is 4.98 Å². The maximum absolute atomic E-state index is 9.21. The predicted octanol–water partition coefficient (Wildman–Crippen LogP) is 3.69. The molecule has 0 aliphatic heterocycles. The highest BCUT2D eigenvalue weighted by molar-refractivity contribution is 5.85. The van der Waals surface area contributed by atoms with E-state index in [9.17, 15) is 5.11 Å². The molecule has 0 atom stereocenters. The molecule has 0 spiro atoms. The molecule has 0 unspecified atom stereocenters. The Balaban J connectivity index is 1.90. The van der Waals surface area contributed by atoms with Crippen molar-refractivity contribution < 1.29 is 5.11 Å². The van der Waals surface area contributed by atoms with Gasteiger partial charge in [-0.15, -0.1) is 0 Å². The van der Waals surface area contributed by atoms with Gasteiger partial charge in [-0.2, -0.15) is 0 Å². The minimum atomic E-state index is 0.258. The van der Waals surface area contributed by atoms with Crippen molar-refractivity contribution >= 4 is 22.8 Å². The Labute approximate surface area is 110 Å². The number of benzene rings is 2. The summed E-state index contributed by atoms with van der Waals surface area (Å²) >= 11 is 0. The van der Waals surface area contributed by atoms with E-state index in [2.05, 4.69) is 9.98 Å². The number of phenolic OH excluding ortho intramolecular Hbond substituents is 1. The maximum Gasteiger partial charge on any atom is 0.115 e. The molecule has 0 aliphatic carbocycles. The van der Waals surface area contributed by atoms with E-state index in [1.807, 2.05) is 42.5 Å². The molecular formula is C16H12N2O. The van der Waals surface area contributed by atoms with Crippen LogP contribution in [-0.2, 0) is 0 Å². The minimum Gasteiger partial charge on any atom is -0.508 e. The molecule has 0 radical (unpaired) electrons. The van der Waals surface area contributed by atoms with Crippen molar-refractivity contribution in [2.45, 2.75) is 0 Å². The van der Waals surface area contributed by atoms with Crippen molar-refractivity contribution in [2.24, 2.45) is 4.99 Å². The largest absolute Gasteiger partial charge is 0.508 e. The molecule has 0 bridgehead atoms. The quantitative estimate of drug-likeness (QED) is 0.703. The third-order valence-electron chi connectivity index (χ3n) is 2.84. The summed E-state index contributed by atoms with van der Waals surface area (Å²) < 4.78 is 0. The smallest absolute Gasteiger partial charge is 0.115 e. The Morgan fingerprint density at radius 2 is 1.84 bits per heavy atom. The first-order valence-corrected chi connectivity index (χ1v) is 5.99. The molecule has 0 aliphatic rings. The van der Waals surface area contributed by atoms with Crippen LogP contribution in [0.3, 0.4) is 0 Å². The molecule has 1 N–H and O–H groups in total. The zero-order valence-electron chi connectivity index (χ0n) is 10.2. The Morgan fingerprint density at radius 1 is 1.00 bits per heavy atom. The van der Waals surface area contributed by atoms with Crippen molar-refractivity contribution in [3.8, 4) is 5.75 Å². The van der Waals surface area contributed by atoms with E-state index in [4.69, 9.17) is 0 Å². The molecule has 0 fully saturated rings. The molecule has 2 aromatic carbocycles. The van der Waals surface area contributed by atoms with Gasteiger partial charge in [-0.05, 0) is 54.1 Å². The van der Waals surface area contributed by atoms with E-state index in [0.29, 0.717) is 0 Å². The van der Waals surface area contributed by atoms with Gasteiger partial charge in [0.1, 0.15) is 5.75 Å². The zero-order chi connectivity index (χ0) is 13.1. The van der Waals surface area contributed by atoms with Crippen LogP contribution in [0.1, 0.15) is 5.56 Å². The average Bonchev–Trinajstić information content (AvgIpc) is 2.46. The van der Waals surface area contributed by atoms with Crippen LogP contribution in [0.2, 0.25) is 0 Å². The molecule has 3 rings (SSSR count). The fraction of sp³-hybridized carbons (Fsp3) is 0. The lowest BCUT2D eigenvalue weighted by atomic mass is 10.2. The van der Waals surface area contributed by atoms with Gasteiger partial charge in [-0.3, -0.25) is 9.98 Å². The maximum atomic E-state index is 9.21. The van der Waals surface area contributed by atoms with Gasteiger partial charge in [0.25, 0.3) is 0 Å². The second kappa shape index (κ2) is 4.90. The highest BCUT2D eigenvalue weighted by Gasteiger charge is 1.95.